The molecule has 0 spiro atoms. The molecule has 8 nitrogen and oxygen atoms in total. The first-order valence-corrected chi connectivity index (χ1v) is 10.7. The number of carbonyl (C=O) groups excluding carboxylic acids is 1. The van der Waals surface area contributed by atoms with E-state index in [0.717, 1.165) is 38.0 Å². The molecule has 3 heterocycles. The molecule has 0 bridgehead atoms. The van der Waals surface area contributed by atoms with Crippen molar-refractivity contribution < 1.29 is 10.9 Å². The highest BCUT2D eigenvalue weighted by Gasteiger charge is 2.27. The molecule has 1 aromatic heterocycles. The third kappa shape index (κ3) is 5.64. The van der Waals surface area contributed by atoms with E-state index in [1.807, 2.05) is 18.2 Å². The van der Waals surface area contributed by atoms with Crippen molar-refractivity contribution in [2.75, 3.05) is 42.2 Å². The Bertz CT molecular complexity index is 935. The zero-order chi connectivity index (χ0) is 21.8. The van der Waals surface area contributed by atoms with Gasteiger partial charge in [0.25, 0.3) is 0 Å². The van der Waals surface area contributed by atoms with Crippen LogP contribution in [0.2, 0.25) is 0 Å². The van der Waals surface area contributed by atoms with Crippen molar-refractivity contribution in [3.8, 4) is 6.01 Å². The van der Waals surface area contributed by atoms with Crippen molar-refractivity contribution in [2.24, 2.45) is 0 Å². The summed E-state index contributed by atoms with van der Waals surface area (Å²) in [7, 11) is 0. The molecule has 1 saturated heterocycles. The van der Waals surface area contributed by atoms with E-state index in [1.54, 1.807) is 4.90 Å². The number of nitrogens with two attached hydrogens (primary N) is 1. The highest BCUT2D eigenvalue weighted by atomic mass is 16.5. The molecule has 4 rings (SSSR count). The maximum absolute atomic E-state index is 12.3. The first kappa shape index (κ1) is 21.4. The predicted molar refractivity (Wildman–Crippen MR) is 124 cm³/mol. The van der Waals surface area contributed by atoms with Gasteiger partial charge in [-0.1, -0.05) is 45.0 Å². The lowest BCUT2D eigenvalue weighted by molar-refractivity contribution is -0.115. The van der Waals surface area contributed by atoms with Crippen LogP contribution in [0.4, 0.5) is 17.3 Å². The normalized spacial score (nSPS) is 17.4. The van der Waals surface area contributed by atoms with Crippen LogP contribution in [0.1, 0.15) is 52.5 Å². The number of ether oxygens (including phenoxy) is 1. The van der Waals surface area contributed by atoms with Gasteiger partial charge in [-0.15, -0.1) is 0 Å². The van der Waals surface area contributed by atoms with E-state index < -0.39 is 6.52 Å². The largest absolute Gasteiger partial charge is 0.463 e. The second-order valence-corrected chi connectivity index (χ2v) is 7.83. The molecule has 8 heteroatoms. The van der Waals surface area contributed by atoms with Crippen LogP contribution in [0.25, 0.3) is 0 Å². The fraction of sp³-hybridized carbons (Fsp3) is 0.522. The summed E-state index contributed by atoms with van der Waals surface area (Å²) in [4.78, 5) is 25.1. The molecule has 2 aliphatic heterocycles. The number of likely N-dealkylation sites (tertiary alicyclic amines) is 1. The fourth-order valence-corrected chi connectivity index (χ4v) is 3.81. The number of aromatic nitrogens is 2. The SMILES string of the molecule is C.[2H]C(c1cccc(CN2CCCC2)c1)N1CC(=O)Nc2c(N)nc(OCCCC)nc21. The zero-order valence-electron chi connectivity index (χ0n) is 18.4. The summed E-state index contributed by atoms with van der Waals surface area (Å²) in [5.41, 5.74) is 8.40. The number of hydrogen-bond acceptors (Lipinski definition) is 7. The van der Waals surface area contributed by atoms with Crippen molar-refractivity contribution in [3.63, 3.8) is 0 Å². The first-order chi connectivity index (χ1) is 15.0. The summed E-state index contributed by atoms with van der Waals surface area (Å²) in [6, 6.07) is 8.19. The quantitative estimate of drug-likeness (QED) is 0.623. The lowest BCUT2D eigenvalue weighted by Gasteiger charge is -2.30. The third-order valence-electron chi connectivity index (χ3n) is 5.34. The molecule has 0 saturated carbocycles. The van der Waals surface area contributed by atoms with Crippen LogP contribution in [-0.4, -0.2) is 47.0 Å². The van der Waals surface area contributed by atoms with Gasteiger partial charge in [-0.3, -0.25) is 9.69 Å². The van der Waals surface area contributed by atoms with E-state index in [9.17, 15) is 4.79 Å². The number of anilines is 3. The summed E-state index contributed by atoms with van der Waals surface area (Å²) < 4.78 is 14.5. The topological polar surface area (TPSA) is 96.6 Å². The Hall–Kier alpha value is -2.87. The van der Waals surface area contributed by atoms with E-state index in [2.05, 4.69) is 33.2 Å². The molecule has 1 unspecified atom stereocenters. The average Bonchev–Trinajstić information content (AvgIpc) is 3.27. The number of unbranched alkanes of at least 4 members (excludes halogenated alkanes) is 1. The van der Waals surface area contributed by atoms with E-state index in [4.69, 9.17) is 11.8 Å². The number of hydrogen-bond donors (Lipinski definition) is 2. The number of nitrogens with zero attached hydrogens (tertiary/aromatic N) is 4. The molecular weight excluding hydrogens is 392 g/mol. The maximum Gasteiger partial charge on any atom is 0.320 e. The van der Waals surface area contributed by atoms with Crippen LogP contribution < -0.4 is 20.7 Å². The minimum absolute atomic E-state index is 0. The first-order valence-electron chi connectivity index (χ1n) is 11.2. The number of benzene rings is 1. The Labute approximate surface area is 186 Å². The predicted octanol–water partition coefficient (Wildman–Crippen LogP) is 3.43. The van der Waals surface area contributed by atoms with Crippen LogP contribution in [-0.2, 0) is 17.9 Å². The number of nitrogen functional groups attached to an aromatic ring is 1. The Kier molecular flexibility index (Phi) is 7.19. The highest BCUT2D eigenvalue weighted by Crippen LogP contribution is 2.34. The van der Waals surface area contributed by atoms with Gasteiger partial charge in [0.2, 0.25) is 5.91 Å². The number of carbonyl (C=O) groups is 1. The average molecular weight is 428 g/mol. The number of nitrogens with one attached hydrogen (secondary N) is 1. The molecule has 168 valence electrons. The van der Waals surface area contributed by atoms with E-state index in [1.165, 1.54) is 18.4 Å². The molecule has 2 aliphatic rings. The third-order valence-corrected chi connectivity index (χ3v) is 5.34. The van der Waals surface area contributed by atoms with Gasteiger partial charge >= 0.3 is 6.01 Å². The number of rotatable bonds is 8. The van der Waals surface area contributed by atoms with Crippen molar-refractivity contribution in [3.05, 3.63) is 35.4 Å². The van der Waals surface area contributed by atoms with Gasteiger partial charge in [0.05, 0.1) is 14.5 Å². The van der Waals surface area contributed by atoms with Crippen molar-refractivity contribution in [2.45, 2.75) is 53.1 Å². The van der Waals surface area contributed by atoms with Gasteiger partial charge in [-0.25, -0.2) is 0 Å². The summed E-state index contributed by atoms with van der Waals surface area (Å²) in [6.45, 7) is 4.89. The molecule has 31 heavy (non-hydrogen) atoms. The van der Waals surface area contributed by atoms with Crippen LogP contribution in [0.3, 0.4) is 0 Å². The van der Waals surface area contributed by atoms with Gasteiger partial charge in [0.15, 0.2) is 11.6 Å². The minimum Gasteiger partial charge on any atom is -0.463 e. The molecule has 0 aliphatic carbocycles. The van der Waals surface area contributed by atoms with Gasteiger partial charge in [0, 0.05) is 13.1 Å². The van der Waals surface area contributed by atoms with Crippen LogP contribution in [0, 0.1) is 0 Å². The number of fused-ring (bicyclic) bond motifs is 1. The van der Waals surface area contributed by atoms with Crippen LogP contribution in [0.15, 0.2) is 24.3 Å². The zero-order valence-corrected chi connectivity index (χ0v) is 17.4. The molecular formula is C23H34N6O2. The maximum atomic E-state index is 12.3. The molecule has 1 atom stereocenters. The standard InChI is InChI=1S/C22H30N6O2.CH4/c1-2-3-11-30-22-25-20(23)19-21(26-22)28(15-18(29)24-19)14-17-8-6-7-16(12-17)13-27-9-4-5-10-27;/h6-8,12H,2-5,9-11,13-15H2,1H3,(H,24,29)(H2,23,25,26);1H4/i14D;. The molecule has 1 amide bonds. The Morgan fingerprint density at radius 2 is 2.03 bits per heavy atom. The lowest BCUT2D eigenvalue weighted by atomic mass is 10.1. The van der Waals surface area contributed by atoms with Gasteiger partial charge in [0.1, 0.15) is 5.69 Å². The van der Waals surface area contributed by atoms with Crippen molar-refractivity contribution >= 4 is 23.2 Å². The van der Waals surface area contributed by atoms with Crippen molar-refractivity contribution in [1.29, 1.82) is 0 Å². The smallest absolute Gasteiger partial charge is 0.320 e. The fourth-order valence-electron chi connectivity index (χ4n) is 3.81. The molecule has 1 fully saturated rings. The summed E-state index contributed by atoms with van der Waals surface area (Å²) >= 11 is 0. The number of amides is 1. The van der Waals surface area contributed by atoms with Gasteiger partial charge in [-0.05, 0) is 43.5 Å². The molecule has 2 aromatic rings. The summed E-state index contributed by atoms with van der Waals surface area (Å²) in [6.07, 6.45) is 4.35. The monoisotopic (exact) mass is 427 g/mol. The van der Waals surface area contributed by atoms with Gasteiger partial charge < -0.3 is 20.7 Å². The molecule has 1 aromatic carbocycles. The Morgan fingerprint density at radius 1 is 1.26 bits per heavy atom. The van der Waals surface area contributed by atoms with Gasteiger partial charge in [-0.2, -0.15) is 9.97 Å². The molecule has 3 N–H and O–H groups in total. The van der Waals surface area contributed by atoms with Crippen LogP contribution in [0.5, 0.6) is 6.01 Å². The highest BCUT2D eigenvalue weighted by molar-refractivity contribution is 6.03. The summed E-state index contributed by atoms with van der Waals surface area (Å²) in [5, 5.41) is 2.74. The molecule has 0 radical (unpaired) electrons. The Morgan fingerprint density at radius 3 is 2.81 bits per heavy atom. The second kappa shape index (κ2) is 10.4. The Balaban J connectivity index is 0.00000289. The van der Waals surface area contributed by atoms with E-state index in [-0.39, 0.29) is 31.7 Å². The lowest BCUT2D eigenvalue weighted by Crippen LogP contribution is -2.39. The minimum atomic E-state index is -0.805. The summed E-state index contributed by atoms with van der Waals surface area (Å²) in [5.74, 6) is 0.320. The second-order valence-electron chi connectivity index (χ2n) is 7.83. The van der Waals surface area contributed by atoms with Crippen LogP contribution >= 0.6 is 0 Å². The van der Waals surface area contributed by atoms with E-state index >= 15 is 0 Å². The van der Waals surface area contributed by atoms with E-state index in [0.29, 0.717) is 18.1 Å². The van der Waals surface area contributed by atoms with Crippen molar-refractivity contribution in [1.82, 2.24) is 14.9 Å².